The molecule has 1 heterocycles. The third-order valence-electron chi connectivity index (χ3n) is 7.39. The zero-order valence-electron chi connectivity index (χ0n) is 22.2. The summed E-state index contributed by atoms with van der Waals surface area (Å²) in [4.78, 5) is 16.1. The highest BCUT2D eigenvalue weighted by Gasteiger charge is 2.45. The van der Waals surface area contributed by atoms with Crippen LogP contribution in [-0.4, -0.2) is 47.4 Å². The second-order valence-corrected chi connectivity index (χ2v) is 9.50. The number of esters is 1. The van der Waals surface area contributed by atoms with Crippen LogP contribution in [0.15, 0.2) is 60.9 Å². The third-order valence-corrected chi connectivity index (χ3v) is 7.39. The Morgan fingerprint density at radius 3 is 2.62 bits per heavy atom. The van der Waals surface area contributed by atoms with Crippen molar-refractivity contribution < 1.29 is 18.7 Å². The first kappa shape index (κ1) is 26.6. The van der Waals surface area contributed by atoms with Gasteiger partial charge in [-0.25, -0.2) is 4.39 Å². The van der Waals surface area contributed by atoms with Crippen LogP contribution in [0, 0.1) is 12.7 Å². The highest BCUT2D eigenvalue weighted by atomic mass is 19.1. The summed E-state index contributed by atoms with van der Waals surface area (Å²) >= 11 is 0. The van der Waals surface area contributed by atoms with Crippen LogP contribution in [0.4, 0.5) is 4.39 Å². The maximum Gasteiger partial charge on any atom is 0.320 e. The molecule has 0 N–H and O–H groups in total. The number of rotatable bonds is 11. The van der Waals surface area contributed by atoms with E-state index in [0.29, 0.717) is 24.0 Å². The standard InChI is InChI=1S/C30H36FN3O3/c1-5-33(6-2)16-17-34-20-25(19-32-34)24-14-15-30(18-24,27-8-7-9-28(31)22(27)3)29(35)37-21-23-10-12-26(36-4)13-11-23/h7-13,18-20H,5-6,14-17,21H2,1-4H3. The number of nitrogens with zero attached hydrogens (tertiary/aromatic N) is 3. The zero-order chi connectivity index (χ0) is 26.4. The van der Waals surface area contributed by atoms with E-state index in [2.05, 4.69) is 23.8 Å². The van der Waals surface area contributed by atoms with Gasteiger partial charge in [-0.2, -0.15) is 5.10 Å². The van der Waals surface area contributed by atoms with E-state index < -0.39 is 5.41 Å². The number of likely N-dealkylation sites (N-methyl/N-ethyl adjacent to an activating group) is 1. The Bertz CT molecular complexity index is 1250. The summed E-state index contributed by atoms with van der Waals surface area (Å²) in [5.41, 5.74) is 2.93. The van der Waals surface area contributed by atoms with E-state index in [1.165, 1.54) is 6.07 Å². The van der Waals surface area contributed by atoms with Crippen LogP contribution in [0.1, 0.15) is 48.9 Å². The normalized spacial score (nSPS) is 17.2. The number of hydrogen-bond donors (Lipinski definition) is 0. The molecule has 0 amide bonds. The van der Waals surface area contributed by atoms with Crippen molar-refractivity contribution in [2.75, 3.05) is 26.7 Å². The quantitative estimate of drug-likeness (QED) is 0.320. The fraction of sp³-hybridized carbons (Fsp3) is 0.400. The van der Waals surface area contributed by atoms with E-state index in [-0.39, 0.29) is 18.4 Å². The SMILES string of the molecule is CCN(CC)CCn1cc(C2=CC(C(=O)OCc3ccc(OC)cc3)(c3cccc(F)c3C)CC2)cn1. The van der Waals surface area contributed by atoms with E-state index in [1.54, 1.807) is 20.1 Å². The maximum absolute atomic E-state index is 14.6. The van der Waals surface area contributed by atoms with Gasteiger partial charge in [-0.1, -0.05) is 44.2 Å². The lowest BCUT2D eigenvalue weighted by atomic mass is 9.77. The molecule has 6 nitrogen and oxygen atoms in total. The maximum atomic E-state index is 14.6. The molecule has 0 spiro atoms. The first-order chi connectivity index (χ1) is 17.9. The molecule has 2 aromatic carbocycles. The van der Waals surface area contributed by atoms with Gasteiger partial charge < -0.3 is 14.4 Å². The molecule has 0 saturated carbocycles. The van der Waals surface area contributed by atoms with E-state index in [4.69, 9.17) is 9.47 Å². The highest BCUT2D eigenvalue weighted by molar-refractivity contribution is 5.91. The van der Waals surface area contributed by atoms with Gasteiger partial charge >= 0.3 is 5.97 Å². The lowest BCUT2D eigenvalue weighted by molar-refractivity contribution is -0.150. The Morgan fingerprint density at radius 1 is 1.16 bits per heavy atom. The van der Waals surface area contributed by atoms with Gasteiger partial charge in [0.15, 0.2) is 0 Å². The van der Waals surface area contributed by atoms with Crippen LogP contribution in [0.5, 0.6) is 5.75 Å². The summed E-state index contributed by atoms with van der Waals surface area (Å²) < 4.78 is 27.6. The number of methoxy groups -OCH3 is 1. The zero-order valence-corrected chi connectivity index (χ0v) is 22.2. The first-order valence-corrected chi connectivity index (χ1v) is 12.9. The summed E-state index contributed by atoms with van der Waals surface area (Å²) in [7, 11) is 1.61. The number of hydrogen-bond acceptors (Lipinski definition) is 5. The van der Waals surface area contributed by atoms with Crippen LogP contribution in [0.3, 0.4) is 0 Å². The molecule has 1 unspecified atom stereocenters. The van der Waals surface area contributed by atoms with Crippen molar-refractivity contribution in [3.63, 3.8) is 0 Å². The lowest BCUT2D eigenvalue weighted by Crippen LogP contribution is -2.34. The number of aromatic nitrogens is 2. The second-order valence-electron chi connectivity index (χ2n) is 9.50. The van der Waals surface area contributed by atoms with Gasteiger partial charge in [0.25, 0.3) is 0 Å². The highest BCUT2D eigenvalue weighted by Crippen LogP contribution is 2.45. The predicted molar refractivity (Wildman–Crippen MR) is 143 cm³/mol. The number of halogens is 1. The molecule has 37 heavy (non-hydrogen) atoms. The van der Waals surface area contributed by atoms with Crippen molar-refractivity contribution in [1.29, 1.82) is 0 Å². The van der Waals surface area contributed by atoms with E-state index >= 15 is 0 Å². The van der Waals surface area contributed by atoms with Crippen LogP contribution in [-0.2, 0) is 28.1 Å². The molecular weight excluding hydrogens is 469 g/mol. The van der Waals surface area contributed by atoms with Gasteiger partial charge in [0.2, 0.25) is 0 Å². The van der Waals surface area contributed by atoms with Crippen molar-refractivity contribution >= 4 is 11.5 Å². The summed E-state index contributed by atoms with van der Waals surface area (Å²) in [5.74, 6) is 0.0368. The molecule has 0 fully saturated rings. The average molecular weight is 506 g/mol. The lowest BCUT2D eigenvalue weighted by Gasteiger charge is -2.27. The summed E-state index contributed by atoms with van der Waals surface area (Å²) in [6, 6.07) is 12.3. The Kier molecular flexibility index (Phi) is 8.44. The Labute approximate surface area is 218 Å². The van der Waals surface area contributed by atoms with Crippen LogP contribution < -0.4 is 4.74 Å². The predicted octanol–water partition coefficient (Wildman–Crippen LogP) is 5.54. The number of allylic oxidation sites excluding steroid dienone is 1. The molecule has 4 rings (SSSR count). The van der Waals surface area contributed by atoms with Gasteiger partial charge in [0.1, 0.15) is 23.6 Å². The van der Waals surface area contributed by atoms with Crippen molar-refractivity contribution in [2.24, 2.45) is 0 Å². The monoisotopic (exact) mass is 505 g/mol. The molecule has 1 aliphatic rings. The molecule has 7 heteroatoms. The minimum Gasteiger partial charge on any atom is -0.497 e. The van der Waals surface area contributed by atoms with E-state index in [1.807, 2.05) is 53.5 Å². The molecular formula is C30H36FN3O3. The smallest absolute Gasteiger partial charge is 0.320 e. The van der Waals surface area contributed by atoms with E-state index in [0.717, 1.165) is 48.6 Å². The number of benzene rings is 2. The Hall–Kier alpha value is -3.45. The number of ether oxygens (including phenoxy) is 2. The fourth-order valence-corrected chi connectivity index (χ4v) is 5.01. The molecule has 0 radical (unpaired) electrons. The van der Waals surface area contributed by atoms with E-state index in [9.17, 15) is 9.18 Å². The number of carbonyl (C=O) groups is 1. The Morgan fingerprint density at radius 2 is 1.92 bits per heavy atom. The second kappa shape index (κ2) is 11.7. The van der Waals surface area contributed by atoms with Gasteiger partial charge in [0, 0.05) is 18.3 Å². The van der Waals surface area contributed by atoms with Crippen molar-refractivity contribution in [2.45, 2.75) is 52.2 Å². The first-order valence-electron chi connectivity index (χ1n) is 12.9. The molecule has 1 aromatic heterocycles. The van der Waals surface area contributed by atoms with Crippen LogP contribution >= 0.6 is 0 Å². The molecule has 1 atom stereocenters. The van der Waals surface area contributed by atoms with Crippen LogP contribution in [0.2, 0.25) is 0 Å². The van der Waals surface area contributed by atoms with Gasteiger partial charge in [-0.05, 0) is 73.3 Å². The van der Waals surface area contributed by atoms with Gasteiger partial charge in [-0.15, -0.1) is 0 Å². The van der Waals surface area contributed by atoms with Gasteiger partial charge in [-0.3, -0.25) is 9.48 Å². The minimum absolute atomic E-state index is 0.130. The summed E-state index contributed by atoms with van der Waals surface area (Å²) in [6.45, 7) is 9.90. The Balaban J connectivity index is 1.60. The largest absolute Gasteiger partial charge is 0.497 e. The molecule has 0 aliphatic heterocycles. The molecule has 0 saturated heterocycles. The third kappa shape index (κ3) is 5.77. The van der Waals surface area contributed by atoms with Crippen molar-refractivity contribution in [1.82, 2.24) is 14.7 Å². The number of carbonyl (C=O) groups excluding carboxylic acids is 1. The average Bonchev–Trinajstić information content (AvgIpc) is 3.58. The molecule has 3 aromatic rings. The molecule has 1 aliphatic carbocycles. The minimum atomic E-state index is -1.06. The molecule has 0 bridgehead atoms. The van der Waals surface area contributed by atoms with Crippen molar-refractivity contribution in [3.8, 4) is 5.75 Å². The topological polar surface area (TPSA) is 56.6 Å². The van der Waals surface area contributed by atoms with Crippen LogP contribution in [0.25, 0.3) is 5.57 Å². The summed E-state index contributed by atoms with van der Waals surface area (Å²) in [5, 5.41) is 4.55. The summed E-state index contributed by atoms with van der Waals surface area (Å²) in [6.07, 6.45) is 7.04. The fourth-order valence-electron chi connectivity index (χ4n) is 5.01. The van der Waals surface area contributed by atoms with Gasteiger partial charge in [0.05, 0.1) is 19.9 Å². The molecule has 196 valence electrons. The van der Waals surface area contributed by atoms with Crippen molar-refractivity contribution in [3.05, 3.63) is 89.0 Å².